The zero-order valence-corrected chi connectivity index (χ0v) is 15.6. The van der Waals surface area contributed by atoms with Crippen molar-refractivity contribution in [3.63, 3.8) is 0 Å². The summed E-state index contributed by atoms with van der Waals surface area (Å²) in [5.41, 5.74) is -1.26. The van der Waals surface area contributed by atoms with Crippen molar-refractivity contribution in [2.45, 2.75) is 51.1 Å². The van der Waals surface area contributed by atoms with Crippen LogP contribution < -0.4 is 5.32 Å². The van der Waals surface area contributed by atoms with Gasteiger partial charge < -0.3 is 10.1 Å². The van der Waals surface area contributed by atoms with Crippen molar-refractivity contribution in [1.82, 2.24) is 0 Å². The molecule has 4 bridgehead atoms. The summed E-state index contributed by atoms with van der Waals surface area (Å²) in [6.45, 7) is -0.572. The molecule has 0 heterocycles. The lowest BCUT2D eigenvalue weighted by Crippen LogP contribution is -2.47. The highest BCUT2D eigenvalue weighted by Crippen LogP contribution is 2.61. The Hall–Kier alpha value is -2.05. The van der Waals surface area contributed by atoms with Gasteiger partial charge in [0.15, 0.2) is 6.61 Å². The highest BCUT2D eigenvalue weighted by Gasteiger charge is 2.51. The van der Waals surface area contributed by atoms with E-state index in [0.29, 0.717) is 24.2 Å². The molecule has 4 aliphatic rings. The SMILES string of the molecule is O=C(COC(=O)CC12CC3CC(CC(C3)C1)C2)Nc1ccccc1C(F)(F)F. The lowest BCUT2D eigenvalue weighted by atomic mass is 9.49. The Morgan fingerprint density at radius 1 is 1.04 bits per heavy atom. The molecule has 4 aliphatic carbocycles. The van der Waals surface area contributed by atoms with Crippen LogP contribution >= 0.6 is 0 Å². The number of anilines is 1. The van der Waals surface area contributed by atoms with Crippen molar-refractivity contribution in [2.24, 2.45) is 23.2 Å². The largest absolute Gasteiger partial charge is 0.456 e. The third-order valence-corrected chi connectivity index (χ3v) is 6.56. The van der Waals surface area contributed by atoms with Gasteiger partial charge >= 0.3 is 12.1 Å². The topological polar surface area (TPSA) is 55.4 Å². The second-order valence-electron chi connectivity index (χ2n) is 8.85. The number of rotatable bonds is 5. The van der Waals surface area contributed by atoms with Crippen LogP contribution in [0.2, 0.25) is 0 Å². The minimum atomic E-state index is -4.57. The van der Waals surface area contributed by atoms with Crippen LogP contribution in [0.4, 0.5) is 18.9 Å². The number of amides is 1. The Labute approximate surface area is 161 Å². The highest BCUT2D eigenvalue weighted by atomic mass is 19.4. The number of ether oxygens (including phenoxy) is 1. The third kappa shape index (κ3) is 4.03. The maximum atomic E-state index is 13.0. The Morgan fingerprint density at radius 2 is 1.61 bits per heavy atom. The second kappa shape index (κ2) is 7.08. The molecule has 0 saturated heterocycles. The molecular weight excluding hydrogens is 371 g/mol. The van der Waals surface area contributed by atoms with Crippen molar-refractivity contribution in [3.8, 4) is 0 Å². The van der Waals surface area contributed by atoms with Crippen molar-refractivity contribution in [1.29, 1.82) is 0 Å². The van der Waals surface area contributed by atoms with Crippen LogP contribution in [0.15, 0.2) is 24.3 Å². The number of carbonyl (C=O) groups is 2. The molecule has 0 aliphatic heterocycles. The Kier molecular flexibility index (Phi) is 4.88. The van der Waals surface area contributed by atoms with E-state index in [9.17, 15) is 22.8 Å². The summed E-state index contributed by atoms with van der Waals surface area (Å²) >= 11 is 0. The van der Waals surface area contributed by atoms with Gasteiger partial charge in [0, 0.05) is 0 Å². The standard InChI is InChI=1S/C21H24F3NO3/c22-21(23,24)16-3-1-2-4-17(16)25-18(26)12-28-19(27)11-20-8-13-5-14(9-20)7-15(6-13)10-20/h1-4,13-15H,5-12H2,(H,25,26). The summed E-state index contributed by atoms with van der Waals surface area (Å²) in [6, 6.07) is 4.74. The Morgan fingerprint density at radius 3 is 2.18 bits per heavy atom. The van der Waals surface area contributed by atoms with E-state index in [4.69, 9.17) is 4.74 Å². The van der Waals surface area contributed by atoms with Crippen LogP contribution in [-0.4, -0.2) is 18.5 Å². The van der Waals surface area contributed by atoms with Crippen molar-refractivity contribution in [3.05, 3.63) is 29.8 Å². The van der Waals surface area contributed by atoms with Gasteiger partial charge in [0.2, 0.25) is 0 Å². The van der Waals surface area contributed by atoms with Crippen molar-refractivity contribution >= 4 is 17.6 Å². The predicted molar refractivity (Wildman–Crippen MR) is 96.3 cm³/mol. The van der Waals surface area contributed by atoms with Gasteiger partial charge in [-0.15, -0.1) is 0 Å². The van der Waals surface area contributed by atoms with Crippen LogP contribution in [0.5, 0.6) is 0 Å². The number of nitrogens with one attached hydrogen (secondary N) is 1. The van der Waals surface area contributed by atoms with Gasteiger partial charge in [-0.25, -0.2) is 0 Å². The van der Waals surface area contributed by atoms with Crippen LogP contribution in [0.25, 0.3) is 0 Å². The summed E-state index contributed by atoms with van der Waals surface area (Å²) in [6.07, 6.45) is 2.72. The molecule has 7 heteroatoms. The van der Waals surface area contributed by atoms with Gasteiger partial charge in [-0.05, 0) is 73.8 Å². The van der Waals surface area contributed by atoms with E-state index >= 15 is 0 Å². The summed E-state index contributed by atoms with van der Waals surface area (Å²) in [5, 5.41) is 2.20. The van der Waals surface area contributed by atoms with Crippen LogP contribution in [0, 0.1) is 23.2 Å². The molecule has 4 saturated carbocycles. The average Bonchev–Trinajstić information content (AvgIpc) is 2.58. The summed E-state index contributed by atoms with van der Waals surface area (Å²) in [4.78, 5) is 24.3. The lowest BCUT2D eigenvalue weighted by molar-refractivity contribution is -0.154. The number of alkyl halides is 3. The van der Waals surface area contributed by atoms with E-state index in [2.05, 4.69) is 5.32 Å². The number of para-hydroxylation sites is 1. The van der Waals surface area contributed by atoms with E-state index < -0.39 is 30.2 Å². The van der Waals surface area contributed by atoms with Gasteiger partial charge in [0.05, 0.1) is 17.7 Å². The second-order valence-corrected chi connectivity index (χ2v) is 8.85. The average molecular weight is 395 g/mol. The molecular formula is C21H24F3NO3. The van der Waals surface area contributed by atoms with E-state index in [-0.39, 0.29) is 11.1 Å². The molecule has 0 radical (unpaired) electrons. The van der Waals surface area contributed by atoms with Crippen LogP contribution in [-0.2, 0) is 20.5 Å². The number of hydrogen-bond acceptors (Lipinski definition) is 3. The van der Waals surface area contributed by atoms with E-state index in [1.165, 1.54) is 37.5 Å². The first-order valence-corrected chi connectivity index (χ1v) is 9.84. The van der Waals surface area contributed by atoms with E-state index in [0.717, 1.165) is 25.3 Å². The van der Waals surface area contributed by atoms with Gasteiger partial charge in [0.1, 0.15) is 0 Å². The fourth-order valence-electron chi connectivity index (χ4n) is 6.04. The number of hydrogen-bond donors (Lipinski definition) is 1. The summed E-state index contributed by atoms with van der Waals surface area (Å²) in [7, 11) is 0. The molecule has 1 amide bonds. The number of esters is 1. The normalized spacial score (nSPS) is 30.9. The smallest absolute Gasteiger partial charge is 0.418 e. The third-order valence-electron chi connectivity index (χ3n) is 6.56. The van der Waals surface area contributed by atoms with Crippen LogP contribution in [0.3, 0.4) is 0 Å². The van der Waals surface area contributed by atoms with Gasteiger partial charge in [-0.3, -0.25) is 9.59 Å². The van der Waals surface area contributed by atoms with Gasteiger partial charge in [-0.2, -0.15) is 13.2 Å². The van der Waals surface area contributed by atoms with E-state index in [1.807, 2.05) is 0 Å². The maximum absolute atomic E-state index is 13.0. The van der Waals surface area contributed by atoms with Crippen molar-refractivity contribution < 1.29 is 27.5 Å². The number of carbonyl (C=O) groups excluding carboxylic acids is 2. The molecule has 1 N–H and O–H groups in total. The molecule has 28 heavy (non-hydrogen) atoms. The number of benzene rings is 1. The molecule has 0 atom stereocenters. The maximum Gasteiger partial charge on any atom is 0.418 e. The molecule has 4 nitrogen and oxygen atoms in total. The molecule has 5 rings (SSSR count). The first kappa shape index (κ1) is 19.3. The zero-order chi connectivity index (χ0) is 19.9. The first-order valence-electron chi connectivity index (χ1n) is 9.84. The fraction of sp³-hybridized carbons (Fsp3) is 0.619. The molecule has 0 aromatic heterocycles. The minimum Gasteiger partial charge on any atom is -0.456 e. The quantitative estimate of drug-likeness (QED) is 0.729. The lowest BCUT2D eigenvalue weighted by Gasteiger charge is -2.56. The monoisotopic (exact) mass is 395 g/mol. The Balaban J connectivity index is 1.30. The molecule has 0 spiro atoms. The molecule has 4 fully saturated rings. The molecule has 0 unspecified atom stereocenters. The molecule has 1 aromatic carbocycles. The zero-order valence-electron chi connectivity index (χ0n) is 15.6. The van der Waals surface area contributed by atoms with Gasteiger partial charge in [0.25, 0.3) is 5.91 Å². The van der Waals surface area contributed by atoms with E-state index in [1.54, 1.807) is 0 Å². The van der Waals surface area contributed by atoms with Gasteiger partial charge in [-0.1, -0.05) is 12.1 Å². The molecule has 152 valence electrons. The number of halogens is 3. The van der Waals surface area contributed by atoms with Crippen molar-refractivity contribution in [2.75, 3.05) is 11.9 Å². The summed E-state index contributed by atoms with van der Waals surface area (Å²) < 4.78 is 44.1. The predicted octanol–water partition coefficient (Wildman–Crippen LogP) is 4.79. The first-order chi connectivity index (χ1) is 13.2. The highest BCUT2D eigenvalue weighted by molar-refractivity contribution is 5.93. The van der Waals surface area contributed by atoms with Crippen LogP contribution in [0.1, 0.15) is 50.5 Å². The Bertz CT molecular complexity index is 739. The molecule has 1 aromatic rings. The summed E-state index contributed by atoms with van der Waals surface area (Å²) in [5.74, 6) is 0.931. The fourth-order valence-corrected chi connectivity index (χ4v) is 6.04. The minimum absolute atomic E-state index is 0.00515.